The van der Waals surface area contributed by atoms with Crippen LogP contribution >= 0.6 is 0 Å². The maximum Gasteiger partial charge on any atom is 1.00 e. The van der Waals surface area contributed by atoms with E-state index >= 15 is 0 Å². The maximum atomic E-state index is 2.28. The molecule has 0 heterocycles. The topological polar surface area (TPSA) is 0 Å². The molecule has 0 atom stereocenters. The van der Waals surface area contributed by atoms with Gasteiger partial charge in [0, 0.05) is 0 Å². The summed E-state index contributed by atoms with van der Waals surface area (Å²) in [6.45, 7) is 4.57. The maximum absolute atomic E-state index is 2.28. The molecule has 60 valence electrons. The first-order valence-corrected chi connectivity index (χ1v) is 4.54. The van der Waals surface area contributed by atoms with E-state index in [1.807, 2.05) is 0 Å². The molecule has 0 N–H and O–H groups in total. The predicted octanol–water partition coefficient (Wildman–Crippen LogP) is -2.46. The van der Waals surface area contributed by atoms with Crippen LogP contribution in [-0.2, 0) is 0 Å². The summed E-state index contributed by atoms with van der Waals surface area (Å²) in [7, 11) is 0. The Hall–Kier alpha value is 3.61. The van der Waals surface area contributed by atoms with Crippen molar-refractivity contribution in [2.45, 2.75) is 52.4 Å². The molecule has 2 heteroatoms. The molecule has 12 heavy (non-hydrogen) atoms. The molecule has 1 aliphatic carbocycles. The Morgan fingerprint density at radius 1 is 0.750 bits per heavy atom. The second-order valence-corrected chi connectivity index (χ2v) is 3.21. The van der Waals surface area contributed by atoms with Crippen LogP contribution < -0.4 is 116 Å². The average Bonchev–Trinajstić information content (AvgIpc) is 2.05. The minimum atomic E-state index is 0. The van der Waals surface area contributed by atoms with Crippen LogP contribution in [0.2, 0.25) is 0 Å². The van der Waals surface area contributed by atoms with Gasteiger partial charge in [-0.3, -0.25) is 0 Å². The zero-order valence-corrected chi connectivity index (χ0v) is 19.1. The van der Waals surface area contributed by atoms with Crippen LogP contribution in [0, 0.1) is 11.8 Å². The monoisotopic (exact) mass is 308 g/mol. The summed E-state index contributed by atoms with van der Waals surface area (Å²) in [5.74, 6) is 3.58. The summed E-state index contributed by atoms with van der Waals surface area (Å²) >= 11 is 0. The fourth-order valence-electron chi connectivity index (χ4n) is 1.66. The third kappa shape index (κ3) is 6.98. The summed E-state index contributed by atoms with van der Waals surface area (Å²) in [4.78, 5) is 0. The van der Waals surface area contributed by atoms with Gasteiger partial charge >= 0.3 is 116 Å². The van der Waals surface area contributed by atoms with Crippen molar-refractivity contribution in [3.05, 3.63) is 11.8 Å². The van der Waals surface area contributed by atoms with E-state index in [0.29, 0.717) is 0 Å². The molecule has 0 unspecified atom stereocenters. The standard InChI is InChI=1S/C10H18.2Rb/c1-3-9-5-7-10(4-2)8-6-9;;/h3-8H2,1-2H3;;/q-2;2*+1. The van der Waals surface area contributed by atoms with E-state index in [1.54, 1.807) is 11.8 Å². The number of hydrogen-bond donors (Lipinski definition) is 0. The van der Waals surface area contributed by atoms with Gasteiger partial charge in [-0.2, -0.15) is 12.8 Å². The van der Waals surface area contributed by atoms with Crippen LogP contribution in [0.25, 0.3) is 0 Å². The van der Waals surface area contributed by atoms with Crippen LogP contribution in [0.15, 0.2) is 0 Å². The Morgan fingerprint density at radius 3 is 1.17 bits per heavy atom. The smallest absolute Gasteiger partial charge is 0.319 e. The average molecular weight is 309 g/mol. The number of hydrogen-bond acceptors (Lipinski definition) is 0. The second kappa shape index (κ2) is 11.1. The van der Waals surface area contributed by atoms with E-state index in [-0.39, 0.29) is 116 Å². The molecule has 1 rings (SSSR count). The molecule has 1 saturated carbocycles. The number of rotatable bonds is 2. The summed E-state index contributed by atoms with van der Waals surface area (Å²) in [6, 6.07) is 0. The molecule has 0 amide bonds. The minimum absolute atomic E-state index is 0. The molecule has 1 aliphatic rings. The van der Waals surface area contributed by atoms with Gasteiger partial charge in [0.15, 0.2) is 0 Å². The molecule has 0 spiro atoms. The van der Waals surface area contributed by atoms with Gasteiger partial charge in [-0.25, -0.2) is 25.7 Å². The Labute approximate surface area is 176 Å². The van der Waals surface area contributed by atoms with E-state index < -0.39 is 0 Å². The predicted molar refractivity (Wildman–Crippen MR) is 45.5 cm³/mol. The second-order valence-electron chi connectivity index (χ2n) is 3.21. The van der Waals surface area contributed by atoms with Crippen molar-refractivity contribution in [3.8, 4) is 0 Å². The molecule has 0 aliphatic heterocycles. The van der Waals surface area contributed by atoms with Crippen LogP contribution in [0.4, 0.5) is 0 Å². The van der Waals surface area contributed by atoms with Crippen molar-refractivity contribution in [1.82, 2.24) is 0 Å². The van der Waals surface area contributed by atoms with E-state index in [9.17, 15) is 0 Å². The zero-order chi connectivity index (χ0) is 7.40. The van der Waals surface area contributed by atoms with Gasteiger partial charge < -0.3 is 11.8 Å². The first-order valence-electron chi connectivity index (χ1n) is 4.54. The molecular weight excluding hydrogens is 291 g/mol. The van der Waals surface area contributed by atoms with Gasteiger partial charge in [0.2, 0.25) is 0 Å². The van der Waals surface area contributed by atoms with Gasteiger partial charge in [0.1, 0.15) is 0 Å². The Bertz CT molecular complexity index is 73.8. The van der Waals surface area contributed by atoms with Gasteiger partial charge in [-0.1, -0.05) is 13.8 Å². The first kappa shape index (κ1) is 18.0. The van der Waals surface area contributed by atoms with E-state index in [4.69, 9.17) is 0 Å². The molecule has 0 aromatic heterocycles. The van der Waals surface area contributed by atoms with Gasteiger partial charge in [0.25, 0.3) is 0 Å². The molecule has 1 fully saturated rings. The largest absolute Gasteiger partial charge is 1.00 e. The Kier molecular flexibility index (Phi) is 16.6. The Morgan fingerprint density at radius 2 is 1.00 bits per heavy atom. The van der Waals surface area contributed by atoms with E-state index in [2.05, 4.69) is 13.8 Å². The molecule has 0 nitrogen and oxygen atoms in total. The van der Waals surface area contributed by atoms with Crippen molar-refractivity contribution in [1.29, 1.82) is 0 Å². The van der Waals surface area contributed by atoms with Crippen LogP contribution in [0.5, 0.6) is 0 Å². The van der Waals surface area contributed by atoms with Gasteiger partial charge in [-0.05, 0) is 0 Å². The zero-order valence-electron chi connectivity index (χ0n) is 9.24. The first-order chi connectivity index (χ1) is 4.86. The quantitative estimate of drug-likeness (QED) is 0.497. The summed E-state index contributed by atoms with van der Waals surface area (Å²) in [6.07, 6.45) is 8.19. The molecule has 0 saturated heterocycles. The van der Waals surface area contributed by atoms with E-state index in [0.717, 1.165) is 0 Å². The molecule has 0 aromatic rings. The summed E-state index contributed by atoms with van der Waals surface area (Å²) in [5.41, 5.74) is 0. The third-order valence-corrected chi connectivity index (χ3v) is 2.66. The Balaban J connectivity index is 0. The van der Waals surface area contributed by atoms with Gasteiger partial charge in [0.05, 0.1) is 0 Å². The molecular formula is C10H18Rb2. The fraction of sp³-hybridized carbons (Fsp3) is 0.800. The van der Waals surface area contributed by atoms with Crippen LogP contribution in [-0.4, -0.2) is 0 Å². The van der Waals surface area contributed by atoms with Gasteiger partial charge in [-0.15, -0.1) is 0 Å². The van der Waals surface area contributed by atoms with Crippen LogP contribution in [0.3, 0.4) is 0 Å². The summed E-state index contributed by atoms with van der Waals surface area (Å²) < 4.78 is 0. The minimum Gasteiger partial charge on any atom is -0.319 e. The van der Waals surface area contributed by atoms with Crippen molar-refractivity contribution < 1.29 is 116 Å². The fourth-order valence-corrected chi connectivity index (χ4v) is 1.66. The van der Waals surface area contributed by atoms with Crippen molar-refractivity contribution in [3.63, 3.8) is 0 Å². The van der Waals surface area contributed by atoms with Crippen molar-refractivity contribution in [2.24, 2.45) is 0 Å². The van der Waals surface area contributed by atoms with Crippen LogP contribution in [0.1, 0.15) is 52.4 Å². The van der Waals surface area contributed by atoms with Crippen molar-refractivity contribution >= 4 is 0 Å². The third-order valence-electron chi connectivity index (χ3n) is 2.66. The van der Waals surface area contributed by atoms with E-state index in [1.165, 1.54) is 38.5 Å². The molecule has 0 radical (unpaired) electrons. The molecule has 0 aromatic carbocycles. The normalized spacial score (nSPS) is 19.5. The van der Waals surface area contributed by atoms with Crippen molar-refractivity contribution in [2.75, 3.05) is 0 Å². The SMILES string of the molecule is CC[C-]1CC[C-](CC)CC1.[Rb+].[Rb+]. The summed E-state index contributed by atoms with van der Waals surface area (Å²) in [5, 5.41) is 0. The molecule has 0 bridgehead atoms.